The monoisotopic (exact) mass is 375 g/mol. The number of primary sulfonamides is 1. The van der Waals surface area contributed by atoms with Gasteiger partial charge in [0.15, 0.2) is 0 Å². The SMILES string of the molecule is CC[C@H](C)Nc1cc(N2CCc3ccc(S(N)(=O)=O)cc3C2)nc(C)n1. The molecule has 2 heterocycles. The van der Waals surface area contributed by atoms with Crippen LogP contribution in [0.5, 0.6) is 0 Å². The number of benzene rings is 1. The number of nitrogens with zero attached hydrogens (tertiary/aromatic N) is 3. The summed E-state index contributed by atoms with van der Waals surface area (Å²) in [7, 11) is -3.70. The summed E-state index contributed by atoms with van der Waals surface area (Å²) in [6, 6.07) is 7.38. The Morgan fingerprint density at radius 3 is 2.73 bits per heavy atom. The molecule has 8 heteroatoms. The first-order valence-electron chi connectivity index (χ1n) is 8.78. The van der Waals surface area contributed by atoms with Gasteiger partial charge < -0.3 is 10.2 Å². The minimum absolute atomic E-state index is 0.149. The molecule has 0 bridgehead atoms. The van der Waals surface area contributed by atoms with E-state index in [1.165, 1.54) is 0 Å². The average molecular weight is 375 g/mol. The van der Waals surface area contributed by atoms with Gasteiger partial charge in [-0.1, -0.05) is 13.0 Å². The van der Waals surface area contributed by atoms with Gasteiger partial charge in [0.05, 0.1) is 4.90 Å². The number of anilines is 2. The number of nitrogens with two attached hydrogens (primary N) is 1. The molecule has 0 unspecified atom stereocenters. The maximum Gasteiger partial charge on any atom is 0.238 e. The summed E-state index contributed by atoms with van der Waals surface area (Å²) >= 11 is 0. The quantitative estimate of drug-likeness (QED) is 0.831. The van der Waals surface area contributed by atoms with Crippen LogP contribution >= 0.6 is 0 Å². The van der Waals surface area contributed by atoms with Crippen molar-refractivity contribution < 1.29 is 8.42 Å². The fraction of sp³-hybridized carbons (Fsp3) is 0.444. The van der Waals surface area contributed by atoms with Crippen molar-refractivity contribution in [2.45, 2.75) is 51.1 Å². The van der Waals surface area contributed by atoms with E-state index in [-0.39, 0.29) is 4.90 Å². The smallest absolute Gasteiger partial charge is 0.238 e. The van der Waals surface area contributed by atoms with Crippen molar-refractivity contribution >= 4 is 21.7 Å². The Morgan fingerprint density at radius 1 is 1.27 bits per heavy atom. The molecular weight excluding hydrogens is 350 g/mol. The van der Waals surface area contributed by atoms with Crippen LogP contribution in [0.25, 0.3) is 0 Å². The fourth-order valence-corrected chi connectivity index (χ4v) is 3.61. The third kappa shape index (κ3) is 4.13. The first-order valence-corrected chi connectivity index (χ1v) is 10.3. The molecule has 3 N–H and O–H groups in total. The van der Waals surface area contributed by atoms with E-state index in [0.717, 1.165) is 42.1 Å². The Labute approximate surface area is 154 Å². The van der Waals surface area contributed by atoms with E-state index in [1.54, 1.807) is 12.1 Å². The summed E-state index contributed by atoms with van der Waals surface area (Å²) in [5.41, 5.74) is 2.12. The number of fused-ring (bicyclic) bond motifs is 1. The van der Waals surface area contributed by atoms with E-state index in [1.807, 2.05) is 19.1 Å². The van der Waals surface area contributed by atoms with Crippen LogP contribution in [0.2, 0.25) is 0 Å². The molecule has 1 aliphatic rings. The highest BCUT2D eigenvalue weighted by Gasteiger charge is 2.20. The third-order valence-corrected chi connectivity index (χ3v) is 5.58. The van der Waals surface area contributed by atoms with Gasteiger partial charge in [-0.15, -0.1) is 0 Å². The Balaban J connectivity index is 1.88. The zero-order valence-electron chi connectivity index (χ0n) is 15.4. The van der Waals surface area contributed by atoms with Crippen LogP contribution < -0.4 is 15.4 Å². The molecule has 0 radical (unpaired) electrons. The van der Waals surface area contributed by atoms with E-state index in [9.17, 15) is 8.42 Å². The third-order valence-electron chi connectivity index (χ3n) is 4.67. The molecule has 1 aromatic heterocycles. The summed E-state index contributed by atoms with van der Waals surface area (Å²) in [6.07, 6.45) is 1.84. The predicted molar refractivity (Wildman–Crippen MR) is 103 cm³/mol. The van der Waals surface area contributed by atoms with Crippen molar-refractivity contribution in [3.63, 3.8) is 0 Å². The number of hydrogen-bond acceptors (Lipinski definition) is 6. The van der Waals surface area contributed by atoms with Gasteiger partial charge in [-0.25, -0.2) is 23.5 Å². The van der Waals surface area contributed by atoms with Gasteiger partial charge in [0.25, 0.3) is 0 Å². The number of rotatable bonds is 5. The molecule has 140 valence electrons. The van der Waals surface area contributed by atoms with Crippen molar-refractivity contribution in [3.05, 3.63) is 41.2 Å². The molecule has 0 spiro atoms. The van der Waals surface area contributed by atoms with E-state index >= 15 is 0 Å². The second-order valence-electron chi connectivity index (χ2n) is 6.76. The minimum Gasteiger partial charge on any atom is -0.367 e. The number of hydrogen-bond donors (Lipinski definition) is 2. The Hall–Kier alpha value is -2.19. The zero-order valence-corrected chi connectivity index (χ0v) is 16.2. The first kappa shape index (κ1) is 18.6. The minimum atomic E-state index is -3.70. The van der Waals surface area contributed by atoms with Crippen molar-refractivity contribution in [3.8, 4) is 0 Å². The summed E-state index contributed by atoms with van der Waals surface area (Å²) < 4.78 is 23.3. The molecule has 1 aliphatic heterocycles. The summed E-state index contributed by atoms with van der Waals surface area (Å²) in [5, 5.41) is 8.65. The number of sulfonamides is 1. The van der Waals surface area contributed by atoms with Gasteiger partial charge in [-0.3, -0.25) is 0 Å². The topological polar surface area (TPSA) is 101 Å². The first-order chi connectivity index (χ1) is 12.3. The lowest BCUT2D eigenvalue weighted by atomic mass is 10.00. The summed E-state index contributed by atoms with van der Waals surface area (Å²) in [6.45, 7) is 7.53. The van der Waals surface area contributed by atoms with Crippen molar-refractivity contribution in [1.29, 1.82) is 0 Å². The van der Waals surface area contributed by atoms with Crippen LogP contribution in [0.4, 0.5) is 11.6 Å². The highest BCUT2D eigenvalue weighted by atomic mass is 32.2. The second kappa shape index (κ2) is 7.20. The van der Waals surface area contributed by atoms with E-state index < -0.39 is 10.0 Å². The average Bonchev–Trinajstić information content (AvgIpc) is 2.59. The van der Waals surface area contributed by atoms with Crippen LogP contribution in [0, 0.1) is 6.92 Å². The van der Waals surface area contributed by atoms with Crippen LogP contribution in [-0.4, -0.2) is 31.0 Å². The Bertz CT molecular complexity index is 914. The van der Waals surface area contributed by atoms with Gasteiger partial charge in [-0.2, -0.15) is 0 Å². The van der Waals surface area contributed by atoms with E-state index in [0.29, 0.717) is 18.4 Å². The molecule has 26 heavy (non-hydrogen) atoms. The number of aryl methyl sites for hydroxylation is 1. The van der Waals surface area contributed by atoms with Gasteiger partial charge >= 0.3 is 0 Å². The number of aromatic nitrogens is 2. The molecule has 0 fully saturated rings. The zero-order chi connectivity index (χ0) is 18.9. The van der Waals surface area contributed by atoms with Gasteiger partial charge in [0.2, 0.25) is 10.0 Å². The van der Waals surface area contributed by atoms with Gasteiger partial charge in [0.1, 0.15) is 17.5 Å². The van der Waals surface area contributed by atoms with Gasteiger partial charge in [0, 0.05) is 25.2 Å². The van der Waals surface area contributed by atoms with Crippen LogP contribution in [0.3, 0.4) is 0 Å². The van der Waals surface area contributed by atoms with Gasteiger partial charge in [-0.05, 0) is 49.9 Å². The fourth-order valence-electron chi connectivity index (χ4n) is 3.05. The highest BCUT2D eigenvalue weighted by molar-refractivity contribution is 7.89. The molecule has 3 rings (SSSR count). The lowest BCUT2D eigenvalue weighted by Gasteiger charge is -2.30. The summed E-state index contributed by atoms with van der Waals surface area (Å²) in [4.78, 5) is 11.3. The normalized spacial score (nSPS) is 15.5. The molecule has 2 aromatic rings. The summed E-state index contributed by atoms with van der Waals surface area (Å²) in [5.74, 6) is 2.36. The lowest BCUT2D eigenvalue weighted by Crippen LogP contribution is -2.31. The molecule has 0 saturated carbocycles. The lowest BCUT2D eigenvalue weighted by molar-refractivity contribution is 0.597. The molecule has 0 aliphatic carbocycles. The molecule has 7 nitrogen and oxygen atoms in total. The molecule has 0 amide bonds. The predicted octanol–water partition coefficient (Wildman–Crippen LogP) is 2.21. The Kier molecular flexibility index (Phi) is 5.15. The molecule has 1 aromatic carbocycles. The van der Waals surface area contributed by atoms with Crippen molar-refractivity contribution in [2.24, 2.45) is 5.14 Å². The van der Waals surface area contributed by atoms with E-state index in [2.05, 4.69) is 34.0 Å². The second-order valence-corrected chi connectivity index (χ2v) is 8.32. The van der Waals surface area contributed by atoms with E-state index in [4.69, 9.17) is 5.14 Å². The maximum absolute atomic E-state index is 11.6. The standard InChI is InChI=1S/C18H25N5O2S/c1-4-12(2)20-17-10-18(22-13(3)21-17)23-8-7-14-5-6-16(26(19,24)25)9-15(14)11-23/h5-6,9-10,12H,4,7-8,11H2,1-3H3,(H2,19,24,25)(H,20,21,22)/t12-/m0/s1. The number of nitrogens with one attached hydrogen (secondary N) is 1. The van der Waals surface area contributed by atoms with Crippen molar-refractivity contribution in [2.75, 3.05) is 16.8 Å². The van der Waals surface area contributed by atoms with Crippen LogP contribution in [0.15, 0.2) is 29.2 Å². The maximum atomic E-state index is 11.6. The highest BCUT2D eigenvalue weighted by Crippen LogP contribution is 2.26. The molecule has 0 saturated heterocycles. The largest absolute Gasteiger partial charge is 0.367 e. The van der Waals surface area contributed by atoms with Crippen molar-refractivity contribution in [1.82, 2.24) is 9.97 Å². The molecular formula is C18H25N5O2S. The van der Waals surface area contributed by atoms with Crippen LogP contribution in [-0.2, 0) is 23.0 Å². The Morgan fingerprint density at radius 2 is 2.04 bits per heavy atom. The van der Waals surface area contributed by atoms with Crippen LogP contribution in [0.1, 0.15) is 37.2 Å². The molecule has 1 atom stereocenters.